The third kappa shape index (κ3) is 7.53. The van der Waals surface area contributed by atoms with Crippen LogP contribution in [-0.2, 0) is 14.9 Å². The predicted octanol–water partition coefficient (Wildman–Crippen LogP) is 7.13. The Hall–Kier alpha value is -2.93. The first kappa shape index (κ1) is 27.7. The predicted molar refractivity (Wildman–Crippen MR) is 140 cm³/mol. The molecule has 2 atom stereocenters. The number of unbranched alkanes of at least 4 members (excludes halogenated alkanes) is 5. The molecule has 2 aromatic rings. The van der Waals surface area contributed by atoms with Gasteiger partial charge in [0.05, 0.1) is 6.61 Å². The van der Waals surface area contributed by atoms with Crippen LogP contribution in [0.25, 0.3) is 10.4 Å². The van der Waals surface area contributed by atoms with Gasteiger partial charge >= 0.3 is 0 Å². The highest BCUT2D eigenvalue weighted by Gasteiger charge is 2.42. The number of rotatable bonds is 16. The van der Waals surface area contributed by atoms with Gasteiger partial charge in [0.2, 0.25) is 0 Å². The maximum Gasteiger partial charge on any atom is 0.188 e. The quantitative estimate of drug-likeness (QED) is 0.0808. The van der Waals surface area contributed by atoms with Gasteiger partial charge in [-0.3, -0.25) is 0 Å². The summed E-state index contributed by atoms with van der Waals surface area (Å²) in [7, 11) is 3.23. The van der Waals surface area contributed by atoms with E-state index in [9.17, 15) is 0 Å². The van der Waals surface area contributed by atoms with E-state index in [0.717, 1.165) is 42.9 Å². The summed E-state index contributed by atoms with van der Waals surface area (Å²) < 4.78 is 27.6. The zero-order chi connectivity index (χ0) is 25.6. The highest BCUT2D eigenvalue weighted by Crippen LogP contribution is 2.50. The molecule has 1 aliphatic rings. The minimum absolute atomic E-state index is 0.170. The van der Waals surface area contributed by atoms with E-state index >= 15 is 0 Å². The molecule has 0 saturated carbocycles. The number of azide groups is 1. The molecule has 1 heterocycles. The highest BCUT2D eigenvalue weighted by atomic mass is 16.7. The molecule has 0 saturated heterocycles. The van der Waals surface area contributed by atoms with Gasteiger partial charge < -0.3 is 23.7 Å². The first-order chi connectivity index (χ1) is 17.6. The fourth-order valence-corrected chi connectivity index (χ4v) is 4.92. The van der Waals surface area contributed by atoms with E-state index in [4.69, 9.17) is 29.2 Å². The molecule has 2 aromatic carbocycles. The van der Waals surface area contributed by atoms with Crippen molar-refractivity contribution >= 4 is 0 Å². The van der Waals surface area contributed by atoms with Gasteiger partial charge in [0.25, 0.3) is 0 Å². The van der Waals surface area contributed by atoms with Crippen LogP contribution in [0.5, 0.6) is 17.2 Å². The van der Waals surface area contributed by atoms with Gasteiger partial charge in [0, 0.05) is 43.1 Å². The summed E-state index contributed by atoms with van der Waals surface area (Å²) in [4.78, 5) is 2.82. The molecule has 8 nitrogen and oxygen atoms in total. The molecule has 196 valence electrons. The molecule has 0 N–H and O–H groups in total. The largest absolute Gasteiger partial charge is 0.492 e. The maximum absolute atomic E-state index is 8.38. The van der Waals surface area contributed by atoms with Gasteiger partial charge in [-0.1, -0.05) is 62.3 Å². The lowest BCUT2D eigenvalue weighted by atomic mass is 9.66. The Labute approximate surface area is 214 Å². The van der Waals surface area contributed by atoms with E-state index in [0.29, 0.717) is 19.1 Å². The van der Waals surface area contributed by atoms with Crippen molar-refractivity contribution < 1.29 is 23.7 Å². The van der Waals surface area contributed by atoms with Gasteiger partial charge in [-0.2, -0.15) is 0 Å². The highest BCUT2D eigenvalue weighted by molar-refractivity contribution is 5.48. The Balaban J connectivity index is 1.72. The second-order valence-electron chi connectivity index (χ2n) is 9.45. The summed E-state index contributed by atoms with van der Waals surface area (Å²) in [5.74, 6) is 2.74. The Morgan fingerprint density at radius 3 is 2.25 bits per heavy atom. The van der Waals surface area contributed by atoms with Crippen molar-refractivity contribution in [1.82, 2.24) is 0 Å². The summed E-state index contributed by atoms with van der Waals surface area (Å²) in [5, 5.41) is 3.61. The number of methoxy groups -OCH3 is 2. The van der Waals surface area contributed by atoms with Crippen molar-refractivity contribution in [3.63, 3.8) is 0 Å². The van der Waals surface area contributed by atoms with E-state index in [-0.39, 0.29) is 19.0 Å². The second kappa shape index (κ2) is 14.6. The van der Waals surface area contributed by atoms with Crippen molar-refractivity contribution in [2.75, 3.05) is 41.0 Å². The number of hydrogen-bond acceptors (Lipinski definition) is 6. The molecular weight excluding hydrogens is 458 g/mol. The Kier molecular flexibility index (Phi) is 11.2. The summed E-state index contributed by atoms with van der Waals surface area (Å²) in [6, 6.07) is 14.4. The topological polar surface area (TPSA) is 94.9 Å². The fourth-order valence-electron chi connectivity index (χ4n) is 4.92. The monoisotopic (exact) mass is 497 g/mol. The fraction of sp³-hybridized carbons (Fsp3) is 0.571. The Morgan fingerprint density at radius 1 is 0.917 bits per heavy atom. The summed E-state index contributed by atoms with van der Waals surface area (Å²) in [5.41, 5.74) is 10.7. The minimum atomic E-state index is -0.170. The van der Waals surface area contributed by atoms with Crippen molar-refractivity contribution in [3.05, 3.63) is 64.0 Å². The van der Waals surface area contributed by atoms with E-state index in [1.165, 1.54) is 30.4 Å². The lowest BCUT2D eigenvalue weighted by Gasteiger charge is -2.43. The molecule has 1 aliphatic heterocycles. The summed E-state index contributed by atoms with van der Waals surface area (Å²) >= 11 is 0. The van der Waals surface area contributed by atoms with Gasteiger partial charge in [-0.25, -0.2) is 0 Å². The third-order valence-corrected chi connectivity index (χ3v) is 6.92. The average Bonchev–Trinajstić information content (AvgIpc) is 2.91. The van der Waals surface area contributed by atoms with Crippen LogP contribution in [0.2, 0.25) is 0 Å². The van der Waals surface area contributed by atoms with Crippen molar-refractivity contribution in [3.8, 4) is 17.2 Å². The minimum Gasteiger partial charge on any atom is -0.492 e. The number of ether oxygens (including phenoxy) is 5. The first-order valence-corrected chi connectivity index (χ1v) is 12.7. The van der Waals surface area contributed by atoms with Gasteiger partial charge in [-0.05, 0) is 47.7 Å². The van der Waals surface area contributed by atoms with Crippen LogP contribution in [-0.4, -0.2) is 41.0 Å². The molecule has 0 radical (unpaired) electrons. The summed E-state index contributed by atoms with van der Waals surface area (Å²) in [6.45, 7) is 3.93. The van der Waals surface area contributed by atoms with Crippen LogP contribution in [0.1, 0.15) is 68.9 Å². The zero-order valence-corrected chi connectivity index (χ0v) is 21.8. The molecule has 0 unspecified atom stereocenters. The van der Waals surface area contributed by atoms with E-state index in [1.54, 1.807) is 14.2 Å². The smallest absolute Gasteiger partial charge is 0.188 e. The Bertz CT molecular complexity index is 978. The SMILES string of the molecule is COCOc1ccc([C@@]2(C)COc3cc(OCOC)ccc3[C@H]2CCCCCCCCN=[N+]=[N-])cc1. The van der Waals surface area contributed by atoms with Gasteiger partial charge in [0.1, 0.15) is 17.2 Å². The molecule has 0 bridgehead atoms. The zero-order valence-electron chi connectivity index (χ0n) is 21.8. The van der Waals surface area contributed by atoms with E-state index < -0.39 is 0 Å². The van der Waals surface area contributed by atoms with Gasteiger partial charge in [-0.15, -0.1) is 0 Å². The molecular formula is C28H39N3O5. The molecule has 3 rings (SSSR count). The number of hydrogen-bond donors (Lipinski definition) is 0. The standard InChI is InChI=1S/C28H39N3O5/c1-28(22-11-13-23(14-12-22)35-20-32-2)19-34-27-18-24(36-21-33-3)15-16-25(27)26(28)10-8-6-4-5-7-9-17-30-31-29/h11-16,18,26H,4-10,17,19-21H2,1-3H3/t26-,28-/m1/s1. The van der Waals surface area contributed by atoms with Crippen LogP contribution in [0.15, 0.2) is 47.6 Å². The van der Waals surface area contributed by atoms with Crippen LogP contribution in [0.3, 0.4) is 0 Å². The molecule has 0 aromatic heterocycles. The van der Waals surface area contributed by atoms with Crippen molar-refractivity contribution in [1.29, 1.82) is 0 Å². The van der Waals surface area contributed by atoms with Crippen molar-refractivity contribution in [2.45, 2.75) is 63.2 Å². The number of fused-ring (bicyclic) bond motifs is 1. The molecule has 0 fully saturated rings. The number of nitrogens with zero attached hydrogens (tertiary/aromatic N) is 3. The molecule has 36 heavy (non-hydrogen) atoms. The first-order valence-electron chi connectivity index (χ1n) is 12.7. The molecule has 0 spiro atoms. The van der Waals surface area contributed by atoms with Crippen LogP contribution in [0, 0.1) is 0 Å². The third-order valence-electron chi connectivity index (χ3n) is 6.92. The maximum atomic E-state index is 8.38. The number of benzene rings is 2. The lowest BCUT2D eigenvalue weighted by Crippen LogP contribution is -2.40. The van der Waals surface area contributed by atoms with Crippen LogP contribution >= 0.6 is 0 Å². The molecule has 0 aliphatic carbocycles. The van der Waals surface area contributed by atoms with Gasteiger partial charge in [0.15, 0.2) is 13.6 Å². The van der Waals surface area contributed by atoms with Crippen molar-refractivity contribution in [2.24, 2.45) is 5.11 Å². The van der Waals surface area contributed by atoms with E-state index in [1.807, 2.05) is 24.3 Å². The molecule has 0 amide bonds. The van der Waals surface area contributed by atoms with Crippen LogP contribution < -0.4 is 14.2 Å². The average molecular weight is 498 g/mol. The van der Waals surface area contributed by atoms with E-state index in [2.05, 4.69) is 35.1 Å². The molecule has 8 heteroatoms. The lowest BCUT2D eigenvalue weighted by molar-refractivity contribution is 0.0505. The Morgan fingerprint density at radius 2 is 1.56 bits per heavy atom. The normalized spacial score (nSPS) is 18.6. The summed E-state index contributed by atoms with van der Waals surface area (Å²) in [6.07, 6.45) is 7.84. The van der Waals surface area contributed by atoms with Crippen LogP contribution in [0.4, 0.5) is 0 Å². The second-order valence-corrected chi connectivity index (χ2v) is 9.45.